The van der Waals surface area contributed by atoms with Crippen molar-refractivity contribution in [3.05, 3.63) is 11.4 Å². The van der Waals surface area contributed by atoms with E-state index in [4.69, 9.17) is 0 Å². The van der Waals surface area contributed by atoms with Crippen molar-refractivity contribution >= 4 is 23.5 Å². The van der Waals surface area contributed by atoms with Crippen molar-refractivity contribution < 1.29 is 0 Å². The van der Waals surface area contributed by atoms with Gasteiger partial charge in [-0.25, -0.2) is 4.68 Å². The van der Waals surface area contributed by atoms with E-state index in [1.165, 1.54) is 75.6 Å². The maximum atomic E-state index is 4.51. The van der Waals surface area contributed by atoms with Crippen molar-refractivity contribution in [2.24, 2.45) is 0 Å². The molecule has 1 saturated carbocycles. The number of hydrogen-bond donors (Lipinski definition) is 0. The average Bonchev–Trinajstić information content (AvgIpc) is 2.93. The predicted molar refractivity (Wildman–Crippen MR) is 109 cm³/mol. The molecule has 0 radical (unpaired) electrons. The first kappa shape index (κ1) is 20.2. The molecule has 1 heterocycles. The predicted octanol–water partition coefficient (Wildman–Crippen LogP) is 6.07. The topological polar surface area (TPSA) is 30.7 Å². The van der Waals surface area contributed by atoms with Crippen molar-refractivity contribution in [1.29, 1.82) is 0 Å². The molecule has 0 N–H and O–H groups in total. The van der Waals surface area contributed by atoms with Crippen LogP contribution in [0.15, 0.2) is 0 Å². The molecule has 0 unspecified atom stereocenters. The average molecular weight is 370 g/mol. The van der Waals surface area contributed by atoms with Crippen LogP contribution in [0.4, 0.5) is 0 Å². The normalized spacial score (nSPS) is 18.4. The molecule has 0 amide bonds. The van der Waals surface area contributed by atoms with E-state index in [0.717, 1.165) is 29.7 Å². The summed E-state index contributed by atoms with van der Waals surface area (Å²) in [6, 6.07) is 0. The van der Waals surface area contributed by atoms with E-state index >= 15 is 0 Å². The fraction of sp³-hybridized carbons (Fsp3) is 0.895. The molecule has 5 heteroatoms. The Morgan fingerprint density at radius 3 is 2.17 bits per heavy atom. The molecule has 1 aromatic heterocycles. The van der Waals surface area contributed by atoms with Gasteiger partial charge >= 0.3 is 0 Å². The maximum absolute atomic E-state index is 4.51. The lowest BCUT2D eigenvalue weighted by atomic mass is 10.1. The van der Waals surface area contributed by atoms with E-state index in [-0.39, 0.29) is 0 Å². The molecule has 0 aromatic carbocycles. The van der Waals surface area contributed by atoms with Gasteiger partial charge in [-0.05, 0) is 25.5 Å². The van der Waals surface area contributed by atoms with Crippen molar-refractivity contribution in [1.82, 2.24) is 15.0 Å². The molecular formula is C19H35N3S2. The Labute approximate surface area is 157 Å². The van der Waals surface area contributed by atoms with Gasteiger partial charge in [-0.1, -0.05) is 63.5 Å². The van der Waals surface area contributed by atoms with Gasteiger partial charge in [0.1, 0.15) is 0 Å². The molecule has 138 valence electrons. The number of nitrogens with zero attached hydrogens (tertiary/aromatic N) is 3. The van der Waals surface area contributed by atoms with Crippen LogP contribution < -0.4 is 0 Å². The van der Waals surface area contributed by atoms with Gasteiger partial charge in [-0.2, -0.15) is 23.5 Å². The van der Waals surface area contributed by atoms with Crippen LogP contribution in [0, 0.1) is 0 Å². The number of rotatable bonds is 7. The summed E-state index contributed by atoms with van der Waals surface area (Å²) in [4.78, 5) is 0. The zero-order valence-electron chi connectivity index (χ0n) is 15.6. The molecule has 1 aliphatic carbocycles. The summed E-state index contributed by atoms with van der Waals surface area (Å²) in [5.74, 6) is 2.08. The van der Waals surface area contributed by atoms with Crippen molar-refractivity contribution in [2.45, 2.75) is 101 Å². The Bertz CT molecular complexity index is 436. The van der Waals surface area contributed by atoms with Gasteiger partial charge in [0.05, 0.1) is 11.4 Å². The van der Waals surface area contributed by atoms with Gasteiger partial charge < -0.3 is 0 Å². The number of hydrogen-bond acceptors (Lipinski definition) is 4. The largest absolute Gasteiger partial charge is 0.248 e. The van der Waals surface area contributed by atoms with Gasteiger partial charge in [0.15, 0.2) is 0 Å². The van der Waals surface area contributed by atoms with E-state index in [1.54, 1.807) is 0 Å². The van der Waals surface area contributed by atoms with E-state index in [1.807, 2.05) is 11.8 Å². The van der Waals surface area contributed by atoms with E-state index in [9.17, 15) is 0 Å². The lowest BCUT2D eigenvalue weighted by Crippen LogP contribution is -2.06. The minimum atomic E-state index is 0.821. The monoisotopic (exact) mass is 369 g/mol. The quantitative estimate of drug-likeness (QED) is 0.584. The van der Waals surface area contributed by atoms with Crippen LogP contribution in [-0.4, -0.2) is 26.5 Å². The van der Waals surface area contributed by atoms with E-state index in [2.05, 4.69) is 39.9 Å². The highest BCUT2D eigenvalue weighted by Crippen LogP contribution is 2.29. The van der Waals surface area contributed by atoms with Crippen molar-refractivity contribution in [3.63, 3.8) is 0 Å². The van der Waals surface area contributed by atoms with Gasteiger partial charge in [0.2, 0.25) is 0 Å². The minimum absolute atomic E-state index is 0.821. The molecule has 0 saturated heterocycles. The van der Waals surface area contributed by atoms with Crippen molar-refractivity contribution in [2.75, 3.05) is 6.26 Å². The molecule has 2 rings (SSSR count). The van der Waals surface area contributed by atoms with E-state index in [0.29, 0.717) is 0 Å². The summed E-state index contributed by atoms with van der Waals surface area (Å²) >= 11 is 4.02. The van der Waals surface area contributed by atoms with E-state index < -0.39 is 0 Å². The summed E-state index contributed by atoms with van der Waals surface area (Å²) < 4.78 is 2.13. The smallest absolute Gasteiger partial charge is 0.0966 e. The summed E-state index contributed by atoms with van der Waals surface area (Å²) in [7, 11) is 0. The summed E-state index contributed by atoms with van der Waals surface area (Å²) in [5.41, 5.74) is 2.59. The Morgan fingerprint density at radius 1 is 0.958 bits per heavy atom. The second-order valence-electron chi connectivity index (χ2n) is 6.98. The Hall–Kier alpha value is -0.160. The minimum Gasteiger partial charge on any atom is -0.248 e. The Morgan fingerprint density at radius 2 is 1.58 bits per heavy atom. The second-order valence-corrected chi connectivity index (χ2v) is 9.13. The van der Waals surface area contributed by atoms with Crippen molar-refractivity contribution in [3.8, 4) is 0 Å². The third-order valence-electron chi connectivity index (χ3n) is 4.89. The molecule has 0 bridgehead atoms. The number of thioether (sulfide) groups is 2. The van der Waals surface area contributed by atoms with Crippen LogP contribution in [0.5, 0.6) is 0 Å². The lowest BCUT2D eigenvalue weighted by molar-refractivity contribution is 0.564. The Kier molecular flexibility index (Phi) is 10.3. The van der Waals surface area contributed by atoms with Crippen LogP contribution in [0.1, 0.15) is 88.9 Å². The molecule has 1 aliphatic rings. The summed E-state index contributed by atoms with van der Waals surface area (Å²) in [6.45, 7) is 3.21. The van der Waals surface area contributed by atoms with Gasteiger partial charge in [-0.15, -0.1) is 5.10 Å². The van der Waals surface area contributed by atoms with Gasteiger partial charge in [0, 0.05) is 23.3 Å². The Balaban J connectivity index is 1.89. The van der Waals surface area contributed by atoms with Gasteiger partial charge in [0.25, 0.3) is 0 Å². The summed E-state index contributed by atoms with van der Waals surface area (Å²) in [6.07, 6.45) is 17.6. The fourth-order valence-electron chi connectivity index (χ4n) is 3.48. The van der Waals surface area contributed by atoms with Gasteiger partial charge in [-0.3, -0.25) is 0 Å². The first-order valence-corrected chi connectivity index (χ1v) is 12.3. The fourth-order valence-corrected chi connectivity index (χ4v) is 5.35. The highest BCUT2D eigenvalue weighted by molar-refractivity contribution is 7.99. The van der Waals surface area contributed by atoms with Crippen LogP contribution in [-0.2, 0) is 18.1 Å². The zero-order valence-corrected chi connectivity index (χ0v) is 17.3. The third kappa shape index (κ3) is 6.99. The molecule has 0 spiro atoms. The molecule has 0 aliphatic heterocycles. The molecule has 1 aromatic rings. The van der Waals surface area contributed by atoms with Crippen LogP contribution in [0.2, 0.25) is 0 Å². The lowest BCUT2D eigenvalue weighted by Gasteiger charge is -2.16. The second kappa shape index (κ2) is 12.2. The SMILES string of the molecule is CCCn1nnc(CSC2CCCCCCCCCC2)c1CSC. The first-order valence-electron chi connectivity index (χ1n) is 9.87. The molecule has 1 fully saturated rings. The number of aromatic nitrogens is 3. The molecular weight excluding hydrogens is 334 g/mol. The first-order chi connectivity index (χ1) is 11.8. The van der Waals surface area contributed by atoms with Crippen LogP contribution >= 0.6 is 23.5 Å². The highest BCUT2D eigenvalue weighted by Gasteiger charge is 2.16. The van der Waals surface area contributed by atoms with Crippen LogP contribution in [0.3, 0.4) is 0 Å². The third-order valence-corrected chi connectivity index (χ3v) is 6.84. The van der Waals surface area contributed by atoms with Crippen LogP contribution in [0.25, 0.3) is 0 Å². The molecule has 3 nitrogen and oxygen atoms in total. The zero-order chi connectivity index (χ0) is 17.0. The summed E-state index contributed by atoms with van der Waals surface area (Å²) in [5, 5.41) is 9.73. The molecule has 24 heavy (non-hydrogen) atoms. The number of aryl methyl sites for hydroxylation is 1. The highest BCUT2D eigenvalue weighted by atomic mass is 32.2. The molecule has 0 atom stereocenters. The standard InChI is InChI=1S/C19H35N3S2/c1-3-14-22-19(16-23-2)18(20-21-22)15-24-17-12-10-8-6-4-5-7-9-11-13-17/h17H,3-16H2,1-2H3. The maximum Gasteiger partial charge on any atom is 0.0966 e.